The number of hydrogen-bond acceptors (Lipinski definition) is 7. The second-order valence-corrected chi connectivity index (χ2v) is 7.17. The number of amides is 1. The molecule has 1 amide bonds. The molecule has 2 N–H and O–H groups in total. The first-order chi connectivity index (χ1) is 14.6. The summed E-state index contributed by atoms with van der Waals surface area (Å²) in [5, 5.41) is 32.9. The summed E-state index contributed by atoms with van der Waals surface area (Å²) in [6, 6.07) is 19.9. The second kappa shape index (κ2) is 8.11. The third kappa shape index (κ3) is 3.62. The van der Waals surface area contributed by atoms with Gasteiger partial charge in [0.2, 0.25) is 0 Å². The number of hydrogen-bond donors (Lipinski definition) is 2. The number of nitrogens with one attached hydrogen (secondary N) is 1. The van der Waals surface area contributed by atoms with E-state index in [0.29, 0.717) is 27.3 Å². The van der Waals surface area contributed by atoms with Gasteiger partial charge in [-0.15, -0.1) is 10.2 Å². The highest BCUT2D eigenvalue weighted by Crippen LogP contribution is 2.40. The van der Waals surface area contributed by atoms with Gasteiger partial charge in [-0.05, 0) is 42.0 Å². The lowest BCUT2D eigenvalue weighted by atomic mass is 10.0. The third-order valence-electron chi connectivity index (χ3n) is 4.47. The summed E-state index contributed by atoms with van der Waals surface area (Å²) < 4.78 is 4.12. The Bertz CT molecular complexity index is 1320. The van der Waals surface area contributed by atoms with E-state index in [1.54, 1.807) is 43.3 Å². The van der Waals surface area contributed by atoms with E-state index >= 15 is 0 Å². The minimum Gasteiger partial charge on any atom is -0.505 e. The largest absolute Gasteiger partial charge is 0.505 e. The topological polar surface area (TPSA) is 111 Å². The zero-order chi connectivity index (χ0) is 21.1. The molecule has 0 saturated heterocycles. The van der Waals surface area contributed by atoms with Gasteiger partial charge in [-0.3, -0.25) is 4.79 Å². The predicted molar refractivity (Wildman–Crippen MR) is 116 cm³/mol. The van der Waals surface area contributed by atoms with Crippen molar-refractivity contribution in [1.82, 2.24) is 4.37 Å². The highest BCUT2D eigenvalue weighted by Gasteiger charge is 2.19. The van der Waals surface area contributed by atoms with Gasteiger partial charge in [0.25, 0.3) is 5.91 Å². The molecule has 3 aromatic carbocycles. The van der Waals surface area contributed by atoms with E-state index in [-0.39, 0.29) is 17.0 Å². The lowest BCUT2D eigenvalue weighted by Crippen LogP contribution is -2.12. The van der Waals surface area contributed by atoms with E-state index < -0.39 is 5.91 Å². The number of phenols is 1. The van der Waals surface area contributed by atoms with Crippen molar-refractivity contribution in [2.45, 2.75) is 6.92 Å². The van der Waals surface area contributed by atoms with E-state index in [0.717, 1.165) is 16.9 Å². The van der Waals surface area contributed by atoms with Crippen LogP contribution in [0.25, 0.3) is 10.8 Å². The Hall–Kier alpha value is -4.09. The first-order valence-corrected chi connectivity index (χ1v) is 9.75. The normalized spacial score (nSPS) is 10.9. The number of carbonyl (C=O) groups excluding carboxylic acids is 1. The molecular weight excluding hydrogens is 398 g/mol. The summed E-state index contributed by atoms with van der Waals surface area (Å²) >= 11 is 1.05. The fourth-order valence-electron chi connectivity index (χ4n) is 2.96. The summed E-state index contributed by atoms with van der Waals surface area (Å²) in [7, 11) is 0. The van der Waals surface area contributed by atoms with Crippen LogP contribution >= 0.6 is 11.5 Å². The molecule has 1 aromatic heterocycles. The first kappa shape index (κ1) is 19.2. The summed E-state index contributed by atoms with van der Waals surface area (Å²) in [5.74, 6) is -0.752. The monoisotopic (exact) mass is 413 g/mol. The number of phenolic OH excluding ortho intramolecular Hbond substituents is 1. The lowest BCUT2D eigenvalue weighted by Gasteiger charge is -2.11. The zero-order valence-electron chi connectivity index (χ0n) is 15.8. The van der Waals surface area contributed by atoms with Gasteiger partial charge in [-0.2, -0.15) is 9.64 Å². The van der Waals surface area contributed by atoms with E-state index in [2.05, 4.69) is 26.0 Å². The number of nitriles is 1. The van der Waals surface area contributed by atoms with Crippen LogP contribution in [-0.2, 0) is 0 Å². The Kier molecular flexibility index (Phi) is 5.20. The van der Waals surface area contributed by atoms with Crippen LogP contribution in [0.2, 0.25) is 0 Å². The van der Waals surface area contributed by atoms with Gasteiger partial charge >= 0.3 is 0 Å². The number of benzene rings is 3. The minimum atomic E-state index is -0.466. The van der Waals surface area contributed by atoms with Gasteiger partial charge in [0.1, 0.15) is 17.3 Å². The Labute approximate surface area is 176 Å². The molecule has 0 bridgehead atoms. The van der Waals surface area contributed by atoms with Crippen LogP contribution in [0.3, 0.4) is 0 Å². The second-order valence-electron chi connectivity index (χ2n) is 6.42. The molecule has 0 aliphatic rings. The summed E-state index contributed by atoms with van der Waals surface area (Å²) in [4.78, 5) is 12.8. The van der Waals surface area contributed by atoms with Crippen LogP contribution in [0, 0.1) is 18.3 Å². The average Bonchev–Trinajstić information content (AvgIpc) is 3.12. The van der Waals surface area contributed by atoms with Crippen molar-refractivity contribution in [3.8, 4) is 11.8 Å². The number of aryl methyl sites for hydroxylation is 1. The number of fused-ring (bicyclic) bond motifs is 1. The SMILES string of the molecule is Cc1nsc(/N=N/c2c(O)c(C(=O)Nc3ccccc3)cc3ccccc23)c1C#N. The first-order valence-electron chi connectivity index (χ1n) is 8.97. The van der Waals surface area contributed by atoms with Crippen molar-refractivity contribution < 1.29 is 9.90 Å². The molecule has 0 radical (unpaired) electrons. The molecule has 30 heavy (non-hydrogen) atoms. The summed E-state index contributed by atoms with van der Waals surface area (Å²) in [5.41, 5.74) is 1.75. The molecule has 0 unspecified atom stereocenters. The number of aromatic hydroxyl groups is 1. The van der Waals surface area contributed by atoms with E-state index in [1.165, 1.54) is 0 Å². The number of rotatable bonds is 4. The summed E-state index contributed by atoms with van der Waals surface area (Å²) in [6.07, 6.45) is 0. The highest BCUT2D eigenvalue weighted by molar-refractivity contribution is 7.10. The van der Waals surface area contributed by atoms with Gasteiger partial charge in [-0.25, -0.2) is 0 Å². The standard InChI is InChI=1S/C22H15N5O2S/c1-13-18(12-23)22(30-27-13)26-25-19-16-10-6-5-7-14(16)11-17(20(19)28)21(29)24-15-8-3-2-4-9-15/h2-11,28H,1H3,(H,24,29)/b26-25+. The lowest BCUT2D eigenvalue weighted by molar-refractivity contribution is 0.102. The molecule has 0 atom stereocenters. The maximum Gasteiger partial charge on any atom is 0.259 e. The van der Waals surface area contributed by atoms with Gasteiger partial charge in [0.15, 0.2) is 10.8 Å². The number of para-hydroxylation sites is 1. The molecule has 7 nitrogen and oxygen atoms in total. The van der Waals surface area contributed by atoms with E-state index in [1.807, 2.05) is 24.3 Å². The maximum atomic E-state index is 12.8. The van der Waals surface area contributed by atoms with Gasteiger partial charge in [-0.1, -0.05) is 42.5 Å². The van der Waals surface area contributed by atoms with Crippen LogP contribution in [0.5, 0.6) is 5.75 Å². The van der Waals surface area contributed by atoms with Crippen LogP contribution in [0.1, 0.15) is 21.6 Å². The minimum absolute atomic E-state index is 0.0764. The quantitative estimate of drug-likeness (QED) is 0.409. The summed E-state index contributed by atoms with van der Waals surface area (Å²) in [6.45, 7) is 1.72. The predicted octanol–water partition coefficient (Wildman–Crippen LogP) is 5.85. The van der Waals surface area contributed by atoms with Crippen molar-refractivity contribution >= 4 is 44.6 Å². The van der Waals surface area contributed by atoms with Crippen LogP contribution in [-0.4, -0.2) is 15.4 Å². The van der Waals surface area contributed by atoms with Crippen molar-refractivity contribution in [3.63, 3.8) is 0 Å². The molecule has 0 saturated carbocycles. The average molecular weight is 413 g/mol. The van der Waals surface area contributed by atoms with Crippen molar-refractivity contribution in [3.05, 3.63) is 77.5 Å². The van der Waals surface area contributed by atoms with Crippen LogP contribution in [0.15, 0.2) is 70.9 Å². The van der Waals surface area contributed by atoms with E-state index in [4.69, 9.17) is 0 Å². The van der Waals surface area contributed by atoms with Crippen LogP contribution < -0.4 is 5.32 Å². The molecule has 0 aliphatic heterocycles. The maximum absolute atomic E-state index is 12.8. The Morgan fingerprint density at radius 1 is 1.13 bits per heavy atom. The van der Waals surface area contributed by atoms with Gasteiger partial charge in [0.05, 0.1) is 11.3 Å². The fraction of sp³-hybridized carbons (Fsp3) is 0.0455. The Balaban J connectivity index is 1.80. The molecule has 1 heterocycles. The molecule has 4 aromatic rings. The van der Waals surface area contributed by atoms with Crippen molar-refractivity contribution in [2.24, 2.45) is 10.2 Å². The van der Waals surface area contributed by atoms with Gasteiger partial charge < -0.3 is 10.4 Å². The van der Waals surface area contributed by atoms with Crippen LogP contribution in [0.4, 0.5) is 16.4 Å². The Morgan fingerprint density at radius 3 is 2.63 bits per heavy atom. The number of nitrogens with zero attached hydrogens (tertiary/aromatic N) is 4. The molecule has 4 rings (SSSR count). The molecular formula is C22H15N5O2S. The molecule has 8 heteroatoms. The smallest absolute Gasteiger partial charge is 0.259 e. The van der Waals surface area contributed by atoms with E-state index in [9.17, 15) is 15.2 Å². The number of anilines is 1. The van der Waals surface area contributed by atoms with Crippen molar-refractivity contribution in [1.29, 1.82) is 5.26 Å². The molecule has 0 spiro atoms. The Morgan fingerprint density at radius 2 is 1.87 bits per heavy atom. The van der Waals surface area contributed by atoms with Crippen molar-refractivity contribution in [2.75, 3.05) is 5.32 Å². The molecule has 0 fully saturated rings. The molecule has 146 valence electrons. The highest BCUT2D eigenvalue weighted by atomic mass is 32.1. The number of carbonyl (C=O) groups is 1. The zero-order valence-corrected chi connectivity index (χ0v) is 16.6. The molecule has 0 aliphatic carbocycles. The fourth-order valence-corrected chi connectivity index (χ4v) is 3.64. The van der Waals surface area contributed by atoms with Gasteiger partial charge in [0, 0.05) is 11.1 Å². The third-order valence-corrected chi connectivity index (χ3v) is 5.29. The number of aromatic nitrogens is 1. The number of azo groups is 1.